The first kappa shape index (κ1) is 19.6. The molecule has 0 aliphatic heterocycles. The number of aromatic nitrogens is 4. The van der Waals surface area contributed by atoms with Crippen LogP contribution in [0.25, 0.3) is 18.0 Å². The van der Waals surface area contributed by atoms with E-state index in [1.807, 2.05) is 66.7 Å². The lowest BCUT2D eigenvalue weighted by Crippen LogP contribution is -2.04. The molecule has 2 heterocycles. The van der Waals surface area contributed by atoms with Crippen LogP contribution in [0.1, 0.15) is 22.5 Å². The van der Waals surface area contributed by atoms with E-state index in [1.54, 1.807) is 16.9 Å². The highest BCUT2D eigenvalue weighted by Gasteiger charge is 2.08. The van der Waals surface area contributed by atoms with Crippen LogP contribution in [0.15, 0.2) is 66.9 Å². The molecule has 0 saturated heterocycles. The molecule has 0 N–H and O–H groups in total. The van der Waals surface area contributed by atoms with Gasteiger partial charge in [0.25, 0.3) is 0 Å². The highest BCUT2D eigenvalue weighted by molar-refractivity contribution is 6.35. The predicted octanol–water partition coefficient (Wildman–Crippen LogP) is 6.38. The molecule has 0 radical (unpaired) electrons. The highest BCUT2D eigenvalue weighted by Crippen LogP contribution is 2.23. The molecule has 4 nitrogen and oxygen atoms in total. The van der Waals surface area contributed by atoms with Crippen molar-refractivity contribution in [1.29, 1.82) is 0 Å². The van der Waals surface area contributed by atoms with Crippen molar-refractivity contribution in [2.45, 2.75) is 6.42 Å². The number of nitrogens with zero attached hydrogens (tertiary/aromatic N) is 4. The summed E-state index contributed by atoms with van der Waals surface area (Å²) in [6.45, 7) is 0. The molecule has 2 aromatic carbocycles. The van der Waals surface area contributed by atoms with Crippen LogP contribution >= 0.6 is 34.8 Å². The average Bonchev–Trinajstić information content (AvgIpc) is 3.19. The van der Waals surface area contributed by atoms with Gasteiger partial charge in [0.05, 0.1) is 17.6 Å². The second-order valence-electron chi connectivity index (χ2n) is 6.35. The van der Waals surface area contributed by atoms with Crippen molar-refractivity contribution < 1.29 is 0 Å². The zero-order valence-electron chi connectivity index (χ0n) is 15.1. The first-order valence-corrected chi connectivity index (χ1v) is 9.96. The minimum atomic E-state index is 0.575. The SMILES string of the molecule is Clc1ccc(/C=C\c2ccnn2-c2ccc(Cc3ccc(Cl)cc3Cl)nn2)cc1. The quantitative estimate of drug-likeness (QED) is 0.361. The van der Waals surface area contributed by atoms with Gasteiger partial charge in [-0.1, -0.05) is 59.1 Å². The molecule has 4 aromatic rings. The van der Waals surface area contributed by atoms with Crippen molar-refractivity contribution >= 4 is 47.0 Å². The molecule has 0 aliphatic carbocycles. The van der Waals surface area contributed by atoms with E-state index in [0.29, 0.717) is 27.3 Å². The monoisotopic (exact) mass is 440 g/mol. The Kier molecular flexibility index (Phi) is 5.95. The summed E-state index contributed by atoms with van der Waals surface area (Å²) < 4.78 is 1.73. The van der Waals surface area contributed by atoms with Crippen LogP contribution in [0.2, 0.25) is 15.1 Å². The second kappa shape index (κ2) is 8.78. The molecule has 7 heteroatoms. The van der Waals surface area contributed by atoms with Crippen molar-refractivity contribution in [2.24, 2.45) is 0 Å². The van der Waals surface area contributed by atoms with Gasteiger partial charge in [0, 0.05) is 21.5 Å². The summed E-state index contributed by atoms with van der Waals surface area (Å²) in [7, 11) is 0. The number of hydrogen-bond donors (Lipinski definition) is 0. The Morgan fingerprint density at radius 2 is 1.59 bits per heavy atom. The summed E-state index contributed by atoms with van der Waals surface area (Å²) in [6, 6.07) is 18.8. The molecular weight excluding hydrogens is 427 g/mol. The lowest BCUT2D eigenvalue weighted by Gasteiger charge is -2.06. The number of hydrogen-bond acceptors (Lipinski definition) is 3. The molecule has 144 valence electrons. The van der Waals surface area contributed by atoms with Crippen molar-refractivity contribution in [3.63, 3.8) is 0 Å². The van der Waals surface area contributed by atoms with E-state index in [4.69, 9.17) is 34.8 Å². The van der Waals surface area contributed by atoms with E-state index in [9.17, 15) is 0 Å². The summed E-state index contributed by atoms with van der Waals surface area (Å²) in [5.41, 5.74) is 3.69. The first-order valence-electron chi connectivity index (χ1n) is 8.83. The number of benzene rings is 2. The highest BCUT2D eigenvalue weighted by atomic mass is 35.5. The van der Waals surface area contributed by atoms with Crippen molar-refractivity contribution in [2.75, 3.05) is 0 Å². The van der Waals surface area contributed by atoms with E-state index in [-0.39, 0.29) is 0 Å². The topological polar surface area (TPSA) is 43.6 Å². The van der Waals surface area contributed by atoms with Crippen LogP contribution in [-0.2, 0) is 6.42 Å². The van der Waals surface area contributed by atoms with Gasteiger partial charge in [0.2, 0.25) is 0 Å². The largest absolute Gasteiger partial charge is 0.214 e. The maximum atomic E-state index is 6.24. The van der Waals surface area contributed by atoms with Crippen LogP contribution < -0.4 is 0 Å². The van der Waals surface area contributed by atoms with E-state index in [2.05, 4.69) is 15.3 Å². The van der Waals surface area contributed by atoms with Crippen molar-refractivity contribution in [1.82, 2.24) is 20.0 Å². The zero-order valence-corrected chi connectivity index (χ0v) is 17.4. The summed E-state index contributed by atoms with van der Waals surface area (Å²) >= 11 is 18.1. The molecule has 0 fully saturated rings. The van der Waals surface area contributed by atoms with Crippen LogP contribution in [-0.4, -0.2) is 20.0 Å². The summed E-state index contributed by atoms with van der Waals surface area (Å²) in [5, 5.41) is 14.9. The van der Waals surface area contributed by atoms with Gasteiger partial charge in [-0.2, -0.15) is 10.2 Å². The van der Waals surface area contributed by atoms with E-state index >= 15 is 0 Å². The molecule has 0 atom stereocenters. The van der Waals surface area contributed by atoms with Crippen molar-refractivity contribution in [3.05, 3.63) is 104 Å². The molecule has 0 bridgehead atoms. The summed E-state index contributed by atoms with van der Waals surface area (Å²) in [5.74, 6) is 0.636. The molecule has 0 amide bonds. The van der Waals surface area contributed by atoms with Gasteiger partial charge >= 0.3 is 0 Å². The van der Waals surface area contributed by atoms with Gasteiger partial charge in [0.1, 0.15) is 0 Å². The second-order valence-corrected chi connectivity index (χ2v) is 7.63. The Labute approximate surface area is 183 Å². The predicted molar refractivity (Wildman–Crippen MR) is 119 cm³/mol. The lowest BCUT2D eigenvalue weighted by molar-refractivity contribution is 0.794. The van der Waals surface area contributed by atoms with Crippen LogP contribution in [0.3, 0.4) is 0 Å². The number of halogens is 3. The fourth-order valence-corrected chi connectivity index (χ4v) is 3.41. The fraction of sp³-hybridized carbons (Fsp3) is 0.0455. The summed E-state index contributed by atoms with van der Waals surface area (Å²) in [6.07, 6.45) is 6.27. The Morgan fingerprint density at radius 1 is 0.793 bits per heavy atom. The third-order valence-corrected chi connectivity index (χ3v) is 5.14. The molecule has 0 unspecified atom stereocenters. The molecule has 2 aromatic heterocycles. The lowest BCUT2D eigenvalue weighted by atomic mass is 10.1. The smallest absolute Gasteiger partial charge is 0.176 e. The average molecular weight is 442 g/mol. The molecule has 0 aliphatic rings. The Hall–Kier alpha value is -2.66. The van der Waals surface area contributed by atoms with Gasteiger partial charge in [0.15, 0.2) is 5.82 Å². The van der Waals surface area contributed by atoms with Gasteiger partial charge in [-0.3, -0.25) is 0 Å². The van der Waals surface area contributed by atoms with Gasteiger partial charge in [-0.25, -0.2) is 4.68 Å². The van der Waals surface area contributed by atoms with Crippen molar-refractivity contribution in [3.8, 4) is 5.82 Å². The normalized spacial score (nSPS) is 11.3. The van der Waals surface area contributed by atoms with E-state index in [1.165, 1.54) is 0 Å². The third kappa shape index (κ3) is 4.85. The minimum Gasteiger partial charge on any atom is -0.214 e. The Balaban J connectivity index is 1.52. The van der Waals surface area contributed by atoms with Crippen LogP contribution in [0.4, 0.5) is 0 Å². The number of rotatable bonds is 5. The molecular formula is C22H15Cl3N4. The zero-order chi connectivity index (χ0) is 20.2. The molecule has 4 rings (SSSR count). The van der Waals surface area contributed by atoms with E-state index in [0.717, 1.165) is 22.5 Å². The summed E-state index contributed by atoms with van der Waals surface area (Å²) in [4.78, 5) is 0. The Bertz CT molecular complexity index is 1150. The fourth-order valence-electron chi connectivity index (χ4n) is 2.81. The Morgan fingerprint density at radius 3 is 2.31 bits per heavy atom. The maximum Gasteiger partial charge on any atom is 0.176 e. The molecule has 0 spiro atoms. The third-order valence-electron chi connectivity index (χ3n) is 4.30. The molecule has 29 heavy (non-hydrogen) atoms. The van der Waals surface area contributed by atoms with Gasteiger partial charge < -0.3 is 0 Å². The van der Waals surface area contributed by atoms with Crippen LogP contribution in [0.5, 0.6) is 0 Å². The molecule has 0 saturated carbocycles. The van der Waals surface area contributed by atoms with Gasteiger partial charge in [-0.15, -0.1) is 5.10 Å². The minimum absolute atomic E-state index is 0.575. The van der Waals surface area contributed by atoms with E-state index < -0.39 is 0 Å². The standard InChI is InChI=1S/C22H15Cl3N4/c23-17-5-1-15(2-6-17)3-9-20-11-12-26-29(20)22-10-8-19(27-28-22)13-16-4-7-18(24)14-21(16)25/h1-12,14H,13H2/b9-3-. The first-order chi connectivity index (χ1) is 14.1. The van der Waals surface area contributed by atoms with Gasteiger partial charge in [-0.05, 0) is 59.7 Å². The maximum absolute atomic E-state index is 6.24. The van der Waals surface area contributed by atoms with Crippen LogP contribution in [0, 0.1) is 0 Å².